The van der Waals surface area contributed by atoms with E-state index in [-0.39, 0.29) is 29.8 Å². The van der Waals surface area contributed by atoms with Crippen molar-refractivity contribution in [3.63, 3.8) is 0 Å². The fraction of sp³-hybridized carbons (Fsp3) is 0.600. The van der Waals surface area contributed by atoms with Gasteiger partial charge in [0.15, 0.2) is 6.04 Å². The number of hydrogen-bond acceptors (Lipinski definition) is 3. The minimum atomic E-state index is -4.46. The lowest BCUT2D eigenvalue weighted by molar-refractivity contribution is -0.173. The molecule has 0 radical (unpaired) electrons. The third-order valence-corrected chi connectivity index (χ3v) is 8.60. The molecule has 5 nitrogen and oxygen atoms in total. The number of amides is 1. The Morgan fingerprint density at radius 3 is 2.55 bits per heavy atom. The molecule has 1 amide bonds. The van der Waals surface area contributed by atoms with E-state index in [2.05, 4.69) is 15.7 Å². The highest BCUT2D eigenvalue weighted by atomic mass is 19.4. The second kappa shape index (κ2) is 7.77. The maximum atomic E-state index is 13.9. The van der Waals surface area contributed by atoms with Gasteiger partial charge in [0.25, 0.3) is 5.91 Å². The topological polar surface area (TPSA) is 59.0 Å². The fourth-order valence-electron chi connectivity index (χ4n) is 7.11. The minimum absolute atomic E-state index is 0.0931. The molecular formula is C25H29F3N4O. The number of carbonyl (C=O) groups excluding carboxylic acids is 1. The molecule has 3 saturated carbocycles. The third kappa shape index (κ3) is 3.71. The van der Waals surface area contributed by atoms with E-state index >= 15 is 0 Å². The van der Waals surface area contributed by atoms with Gasteiger partial charge in [0.05, 0.1) is 12.2 Å². The Labute approximate surface area is 191 Å². The molecule has 2 aromatic rings. The van der Waals surface area contributed by atoms with Crippen LogP contribution in [0, 0.1) is 23.7 Å². The average molecular weight is 459 g/mol. The van der Waals surface area contributed by atoms with Gasteiger partial charge in [-0.3, -0.25) is 4.79 Å². The lowest BCUT2D eigenvalue weighted by Crippen LogP contribution is -2.42. The van der Waals surface area contributed by atoms with Crippen molar-refractivity contribution >= 4 is 11.7 Å². The molecule has 2 heterocycles. The number of hydrogen-bond donors (Lipinski definition) is 2. The molecule has 4 unspecified atom stereocenters. The van der Waals surface area contributed by atoms with Crippen LogP contribution < -0.4 is 10.6 Å². The first-order valence-corrected chi connectivity index (χ1v) is 12.1. The normalized spacial score (nSPS) is 34.9. The number of benzene rings is 1. The van der Waals surface area contributed by atoms with Gasteiger partial charge in [-0.05, 0) is 67.8 Å². The Morgan fingerprint density at radius 2 is 1.76 bits per heavy atom. The number of carbonyl (C=O) groups is 1. The van der Waals surface area contributed by atoms with Crippen molar-refractivity contribution in [2.75, 3.05) is 5.32 Å². The van der Waals surface area contributed by atoms with Crippen molar-refractivity contribution in [3.8, 4) is 0 Å². The van der Waals surface area contributed by atoms with Gasteiger partial charge < -0.3 is 10.6 Å². The molecular weight excluding hydrogens is 429 g/mol. The van der Waals surface area contributed by atoms with Crippen LogP contribution >= 0.6 is 0 Å². The monoisotopic (exact) mass is 458 g/mol. The van der Waals surface area contributed by atoms with Crippen LogP contribution in [-0.2, 0) is 0 Å². The summed E-state index contributed by atoms with van der Waals surface area (Å²) in [6.45, 7) is 0. The summed E-state index contributed by atoms with van der Waals surface area (Å²) in [5.41, 5.74) is 0.966. The first kappa shape index (κ1) is 21.1. The van der Waals surface area contributed by atoms with Crippen LogP contribution in [0.5, 0.6) is 0 Å². The SMILES string of the molecule is O=C(NC1CC[C@H]2C[C@H]3CC2C[C@H]1C3)c1cnn2c1NC(c1ccccc1)CC2C(F)(F)F. The van der Waals surface area contributed by atoms with Crippen LogP contribution in [0.4, 0.5) is 19.0 Å². The summed E-state index contributed by atoms with van der Waals surface area (Å²) < 4.78 is 42.7. The lowest BCUT2D eigenvalue weighted by atomic mass is 9.77. The molecule has 8 heteroatoms. The number of nitrogens with zero attached hydrogens (tertiary/aromatic N) is 2. The number of aromatic nitrogens is 2. The summed E-state index contributed by atoms with van der Waals surface area (Å²) in [5, 5.41) is 10.4. The van der Waals surface area contributed by atoms with E-state index in [9.17, 15) is 18.0 Å². The molecule has 3 fully saturated rings. The van der Waals surface area contributed by atoms with Crippen LogP contribution in [0.25, 0.3) is 0 Å². The van der Waals surface area contributed by atoms with Crippen LogP contribution in [0.15, 0.2) is 36.5 Å². The summed E-state index contributed by atoms with van der Waals surface area (Å²) in [7, 11) is 0. The zero-order chi connectivity index (χ0) is 22.7. The highest BCUT2D eigenvalue weighted by Crippen LogP contribution is 2.53. The Kier molecular flexibility index (Phi) is 4.96. The fourth-order valence-corrected chi connectivity index (χ4v) is 7.11. The molecule has 4 aliphatic rings. The predicted octanol–water partition coefficient (Wildman–Crippen LogP) is 5.49. The van der Waals surface area contributed by atoms with Gasteiger partial charge in [-0.2, -0.15) is 18.3 Å². The number of nitrogens with one attached hydrogen (secondary N) is 2. The second-order valence-electron chi connectivity index (χ2n) is 10.5. The summed E-state index contributed by atoms with van der Waals surface area (Å²) in [4.78, 5) is 13.3. The van der Waals surface area contributed by atoms with Gasteiger partial charge in [0.1, 0.15) is 11.4 Å². The first-order chi connectivity index (χ1) is 15.9. The molecule has 1 aliphatic heterocycles. The smallest absolute Gasteiger partial charge is 0.363 e. The number of rotatable bonds is 3. The molecule has 6 rings (SSSR count). The van der Waals surface area contributed by atoms with Gasteiger partial charge in [-0.25, -0.2) is 4.68 Å². The summed E-state index contributed by atoms with van der Waals surface area (Å²) in [6.07, 6.45) is 3.77. The van der Waals surface area contributed by atoms with Crippen molar-refractivity contribution in [2.45, 2.75) is 69.2 Å². The summed E-state index contributed by atoms with van der Waals surface area (Å²) in [6, 6.07) is 6.86. The standard InChI is InChI=1S/C25H29F3N4O/c26-25(27,28)22-12-21(15-4-2-1-3-5-15)30-23-19(13-29-32(22)23)24(33)31-20-7-6-16-8-14-9-17(16)11-18(20)10-14/h1-5,13-14,16-18,20-22,30H,6-12H2,(H,31,33)/t14-,16-,17?,18+,20?,21?,22?/m0/s1. The van der Waals surface area contributed by atoms with Crippen molar-refractivity contribution in [1.82, 2.24) is 15.1 Å². The summed E-state index contributed by atoms with van der Waals surface area (Å²) >= 11 is 0. The maximum Gasteiger partial charge on any atom is 0.410 e. The van der Waals surface area contributed by atoms with Gasteiger partial charge in [-0.1, -0.05) is 30.3 Å². The summed E-state index contributed by atoms with van der Waals surface area (Å²) in [5.74, 6) is 2.67. The molecule has 1 aromatic carbocycles. The number of alkyl halides is 3. The van der Waals surface area contributed by atoms with Crippen LogP contribution in [0.3, 0.4) is 0 Å². The second-order valence-corrected chi connectivity index (χ2v) is 10.5. The first-order valence-electron chi connectivity index (χ1n) is 12.1. The molecule has 33 heavy (non-hydrogen) atoms. The van der Waals surface area contributed by atoms with Crippen molar-refractivity contribution in [1.29, 1.82) is 0 Å². The number of anilines is 1. The van der Waals surface area contributed by atoms with Crippen molar-refractivity contribution < 1.29 is 18.0 Å². The molecule has 3 aliphatic carbocycles. The maximum absolute atomic E-state index is 13.9. The van der Waals surface area contributed by atoms with Gasteiger partial charge >= 0.3 is 6.18 Å². The van der Waals surface area contributed by atoms with E-state index in [1.807, 2.05) is 30.3 Å². The Bertz CT molecular complexity index is 1040. The minimum Gasteiger partial charge on any atom is -0.363 e. The van der Waals surface area contributed by atoms with Crippen molar-refractivity contribution in [2.24, 2.45) is 23.7 Å². The van der Waals surface area contributed by atoms with E-state index in [0.29, 0.717) is 5.92 Å². The average Bonchev–Trinajstić information content (AvgIpc) is 3.32. The van der Waals surface area contributed by atoms with Gasteiger partial charge in [0, 0.05) is 12.5 Å². The Hall–Kier alpha value is -2.51. The molecule has 176 valence electrons. The van der Waals surface area contributed by atoms with E-state index in [1.54, 1.807) is 0 Å². The highest BCUT2D eigenvalue weighted by Gasteiger charge is 2.48. The number of fused-ring (bicyclic) bond motifs is 3. The van der Waals surface area contributed by atoms with Crippen molar-refractivity contribution in [3.05, 3.63) is 47.7 Å². The van der Waals surface area contributed by atoms with Gasteiger partial charge in [-0.15, -0.1) is 0 Å². The molecule has 0 saturated heterocycles. The highest BCUT2D eigenvalue weighted by molar-refractivity contribution is 5.99. The quantitative estimate of drug-likeness (QED) is 0.640. The van der Waals surface area contributed by atoms with Gasteiger partial charge in [0.2, 0.25) is 0 Å². The van der Waals surface area contributed by atoms with E-state index < -0.39 is 18.3 Å². The predicted molar refractivity (Wildman–Crippen MR) is 118 cm³/mol. The lowest BCUT2D eigenvalue weighted by Gasteiger charge is -2.35. The third-order valence-electron chi connectivity index (χ3n) is 8.60. The zero-order valence-corrected chi connectivity index (χ0v) is 18.4. The molecule has 3 bridgehead atoms. The van der Waals surface area contributed by atoms with Crippen LogP contribution in [0.1, 0.15) is 73.0 Å². The Balaban J connectivity index is 1.27. The number of halogens is 3. The van der Waals surface area contributed by atoms with E-state index in [0.717, 1.165) is 47.3 Å². The Morgan fingerprint density at radius 1 is 1.00 bits per heavy atom. The largest absolute Gasteiger partial charge is 0.410 e. The molecule has 0 spiro atoms. The zero-order valence-electron chi connectivity index (χ0n) is 18.4. The van der Waals surface area contributed by atoms with Crippen LogP contribution in [0.2, 0.25) is 0 Å². The van der Waals surface area contributed by atoms with Crippen LogP contribution in [-0.4, -0.2) is 27.9 Å². The molecule has 1 aromatic heterocycles. The molecule has 7 atom stereocenters. The molecule has 2 N–H and O–H groups in total. The van der Waals surface area contributed by atoms with E-state index in [4.69, 9.17) is 0 Å². The van der Waals surface area contributed by atoms with E-state index in [1.165, 1.54) is 25.5 Å².